The van der Waals surface area contributed by atoms with Crippen molar-refractivity contribution in [3.63, 3.8) is 0 Å². The van der Waals surface area contributed by atoms with Gasteiger partial charge in [-0.25, -0.2) is 4.98 Å². The highest BCUT2D eigenvalue weighted by atomic mass is 15.1. The van der Waals surface area contributed by atoms with Crippen molar-refractivity contribution in [1.82, 2.24) is 19.9 Å². The van der Waals surface area contributed by atoms with E-state index in [4.69, 9.17) is 0 Å². The molecule has 2 aromatic rings. The summed E-state index contributed by atoms with van der Waals surface area (Å²) in [4.78, 5) is 8.49. The zero-order valence-electron chi connectivity index (χ0n) is 9.86. The number of pyridine rings is 1. The van der Waals surface area contributed by atoms with Crippen molar-refractivity contribution in [3.8, 4) is 5.69 Å². The van der Waals surface area contributed by atoms with Gasteiger partial charge in [0.05, 0.1) is 23.9 Å². The molecule has 0 aromatic carbocycles. The van der Waals surface area contributed by atoms with Crippen molar-refractivity contribution < 1.29 is 0 Å². The lowest BCUT2D eigenvalue weighted by atomic mass is 10.2. The van der Waals surface area contributed by atoms with Crippen LogP contribution < -0.4 is 5.32 Å². The Balaban J connectivity index is 2.51. The summed E-state index contributed by atoms with van der Waals surface area (Å²) in [5.74, 6) is 0. The standard InChI is InChI=1S/C12H16N4/c1-9-10(2)16(8-15-9)12-7-14-5-4-11(12)6-13-3/h4-5,7-8,13H,6H2,1-3H3. The molecule has 84 valence electrons. The second-order valence-corrected chi connectivity index (χ2v) is 3.82. The second-order valence-electron chi connectivity index (χ2n) is 3.82. The molecule has 4 nitrogen and oxygen atoms in total. The number of nitrogens with zero attached hydrogens (tertiary/aromatic N) is 3. The van der Waals surface area contributed by atoms with Crippen LogP contribution in [-0.2, 0) is 6.54 Å². The van der Waals surface area contributed by atoms with E-state index in [2.05, 4.69) is 26.8 Å². The molecule has 0 aliphatic rings. The summed E-state index contributed by atoms with van der Waals surface area (Å²) in [6, 6.07) is 2.03. The molecular formula is C12H16N4. The predicted molar refractivity (Wildman–Crippen MR) is 63.6 cm³/mol. The average molecular weight is 216 g/mol. The molecule has 2 heterocycles. The van der Waals surface area contributed by atoms with Crippen molar-refractivity contribution in [1.29, 1.82) is 0 Å². The van der Waals surface area contributed by atoms with Gasteiger partial charge in [0.15, 0.2) is 0 Å². The van der Waals surface area contributed by atoms with Gasteiger partial charge in [-0.05, 0) is 32.5 Å². The lowest BCUT2D eigenvalue weighted by Gasteiger charge is -2.10. The molecule has 0 atom stereocenters. The second kappa shape index (κ2) is 4.45. The molecule has 0 unspecified atom stereocenters. The molecule has 16 heavy (non-hydrogen) atoms. The quantitative estimate of drug-likeness (QED) is 0.847. The Bertz CT molecular complexity index is 488. The van der Waals surface area contributed by atoms with Crippen molar-refractivity contribution in [2.24, 2.45) is 0 Å². The summed E-state index contributed by atoms with van der Waals surface area (Å²) in [6.07, 6.45) is 5.54. The van der Waals surface area contributed by atoms with E-state index >= 15 is 0 Å². The van der Waals surface area contributed by atoms with Crippen LogP contribution in [0.15, 0.2) is 24.8 Å². The molecule has 0 saturated heterocycles. The van der Waals surface area contributed by atoms with Crippen LogP contribution >= 0.6 is 0 Å². The van der Waals surface area contributed by atoms with E-state index in [-0.39, 0.29) is 0 Å². The highest BCUT2D eigenvalue weighted by molar-refractivity contribution is 5.40. The van der Waals surface area contributed by atoms with E-state index in [9.17, 15) is 0 Å². The van der Waals surface area contributed by atoms with Gasteiger partial charge in [0.1, 0.15) is 0 Å². The first-order chi connectivity index (χ1) is 7.74. The molecule has 4 heteroatoms. The summed E-state index contributed by atoms with van der Waals surface area (Å²) in [7, 11) is 1.94. The fourth-order valence-electron chi connectivity index (χ4n) is 1.71. The predicted octanol–water partition coefficient (Wildman–Crippen LogP) is 1.60. The minimum atomic E-state index is 0.828. The van der Waals surface area contributed by atoms with Gasteiger partial charge in [-0.15, -0.1) is 0 Å². The van der Waals surface area contributed by atoms with Gasteiger partial charge in [0, 0.05) is 18.4 Å². The van der Waals surface area contributed by atoms with E-state index in [0.29, 0.717) is 0 Å². The van der Waals surface area contributed by atoms with E-state index in [1.807, 2.05) is 38.8 Å². The molecule has 2 aromatic heterocycles. The fourth-order valence-corrected chi connectivity index (χ4v) is 1.71. The van der Waals surface area contributed by atoms with Gasteiger partial charge in [0.25, 0.3) is 0 Å². The first-order valence-electron chi connectivity index (χ1n) is 5.32. The maximum absolute atomic E-state index is 4.31. The third-order valence-electron chi connectivity index (χ3n) is 2.77. The molecule has 0 aliphatic carbocycles. The van der Waals surface area contributed by atoms with Gasteiger partial charge in [-0.1, -0.05) is 0 Å². The number of hydrogen-bond donors (Lipinski definition) is 1. The summed E-state index contributed by atoms with van der Waals surface area (Å²) >= 11 is 0. The number of rotatable bonds is 3. The normalized spacial score (nSPS) is 10.7. The minimum absolute atomic E-state index is 0.828. The highest BCUT2D eigenvalue weighted by Gasteiger charge is 2.08. The SMILES string of the molecule is CNCc1ccncc1-n1cnc(C)c1C. The number of hydrogen-bond acceptors (Lipinski definition) is 3. The zero-order valence-corrected chi connectivity index (χ0v) is 9.86. The Morgan fingerprint density at radius 2 is 2.19 bits per heavy atom. The van der Waals surface area contributed by atoms with Crippen LogP contribution in [0.3, 0.4) is 0 Å². The van der Waals surface area contributed by atoms with Gasteiger partial charge in [-0.2, -0.15) is 0 Å². The number of aryl methyl sites for hydroxylation is 1. The molecular weight excluding hydrogens is 200 g/mol. The fraction of sp³-hybridized carbons (Fsp3) is 0.333. The van der Waals surface area contributed by atoms with Crippen LogP contribution in [0.1, 0.15) is 17.0 Å². The summed E-state index contributed by atoms with van der Waals surface area (Å²) < 4.78 is 2.08. The summed E-state index contributed by atoms with van der Waals surface area (Å²) in [5, 5.41) is 3.16. The van der Waals surface area contributed by atoms with Crippen LogP contribution in [0, 0.1) is 13.8 Å². The van der Waals surface area contributed by atoms with Crippen molar-refractivity contribution in [2.75, 3.05) is 7.05 Å². The Hall–Kier alpha value is -1.68. The van der Waals surface area contributed by atoms with Crippen molar-refractivity contribution >= 4 is 0 Å². The number of aromatic nitrogens is 3. The van der Waals surface area contributed by atoms with Crippen molar-refractivity contribution in [2.45, 2.75) is 20.4 Å². The molecule has 0 fully saturated rings. The Morgan fingerprint density at radius 3 is 2.81 bits per heavy atom. The van der Waals surface area contributed by atoms with E-state index in [1.165, 1.54) is 5.56 Å². The largest absolute Gasteiger partial charge is 0.316 e. The highest BCUT2D eigenvalue weighted by Crippen LogP contribution is 2.16. The summed E-state index contributed by atoms with van der Waals surface area (Å²) in [5.41, 5.74) is 4.53. The lowest BCUT2D eigenvalue weighted by Crippen LogP contribution is -2.09. The minimum Gasteiger partial charge on any atom is -0.316 e. The maximum Gasteiger partial charge on any atom is 0.0998 e. The molecule has 0 saturated carbocycles. The van der Waals surface area contributed by atoms with Gasteiger partial charge in [-0.3, -0.25) is 4.98 Å². The Kier molecular flexibility index (Phi) is 3.01. The number of imidazole rings is 1. The van der Waals surface area contributed by atoms with E-state index in [0.717, 1.165) is 23.6 Å². The molecule has 0 bridgehead atoms. The first-order valence-corrected chi connectivity index (χ1v) is 5.32. The maximum atomic E-state index is 4.31. The van der Waals surface area contributed by atoms with Crippen LogP contribution in [-0.4, -0.2) is 21.6 Å². The molecule has 0 aliphatic heterocycles. The van der Waals surface area contributed by atoms with E-state index < -0.39 is 0 Å². The van der Waals surface area contributed by atoms with Crippen LogP contribution in [0.4, 0.5) is 0 Å². The van der Waals surface area contributed by atoms with Crippen LogP contribution in [0.5, 0.6) is 0 Å². The zero-order chi connectivity index (χ0) is 11.5. The Morgan fingerprint density at radius 1 is 1.38 bits per heavy atom. The van der Waals surface area contributed by atoms with Crippen LogP contribution in [0.2, 0.25) is 0 Å². The molecule has 0 radical (unpaired) electrons. The van der Waals surface area contributed by atoms with Gasteiger partial charge < -0.3 is 9.88 Å². The van der Waals surface area contributed by atoms with Gasteiger partial charge in [0.2, 0.25) is 0 Å². The summed E-state index contributed by atoms with van der Waals surface area (Å²) in [6.45, 7) is 4.91. The van der Waals surface area contributed by atoms with Gasteiger partial charge >= 0.3 is 0 Å². The third-order valence-corrected chi connectivity index (χ3v) is 2.77. The van der Waals surface area contributed by atoms with Crippen LogP contribution in [0.25, 0.3) is 5.69 Å². The average Bonchev–Trinajstić information content (AvgIpc) is 2.61. The molecule has 2 rings (SSSR count). The smallest absolute Gasteiger partial charge is 0.0998 e. The van der Waals surface area contributed by atoms with Crippen molar-refractivity contribution in [3.05, 3.63) is 41.7 Å². The Labute approximate surface area is 95.4 Å². The molecule has 0 amide bonds. The topological polar surface area (TPSA) is 42.7 Å². The third kappa shape index (κ3) is 1.84. The molecule has 0 spiro atoms. The monoisotopic (exact) mass is 216 g/mol. The first kappa shape index (κ1) is 10.8. The number of nitrogens with one attached hydrogen (secondary N) is 1. The molecule has 1 N–H and O–H groups in total. The van der Waals surface area contributed by atoms with E-state index in [1.54, 1.807) is 0 Å². The lowest BCUT2D eigenvalue weighted by molar-refractivity contribution is 0.801.